The van der Waals surface area contributed by atoms with Gasteiger partial charge in [0.2, 0.25) is 5.00 Å². The van der Waals surface area contributed by atoms with E-state index >= 15 is 0 Å². The number of alkyl halides is 1. The lowest BCUT2D eigenvalue weighted by molar-refractivity contribution is -0.141. The highest BCUT2D eigenvalue weighted by Crippen LogP contribution is 2.35. The Morgan fingerprint density at radius 2 is 2.11 bits per heavy atom. The summed E-state index contributed by atoms with van der Waals surface area (Å²) in [4.78, 5) is 10.4. The average molecular weight is 268 g/mol. The van der Waals surface area contributed by atoms with Crippen molar-refractivity contribution in [3.63, 3.8) is 0 Å². The molecule has 1 aliphatic rings. The summed E-state index contributed by atoms with van der Waals surface area (Å²) in [7, 11) is 1.36. The first-order valence-corrected chi connectivity index (χ1v) is 6.63. The number of ether oxygens (including phenoxy) is 1. The largest absolute Gasteiger partial charge is 0.467 e. The predicted octanol–water partition coefficient (Wildman–Crippen LogP) is 2.48. The summed E-state index contributed by atoms with van der Waals surface area (Å²) in [6.07, 6.45) is 4.14. The number of hydrogen-bond acceptors (Lipinski definition) is 3. The second-order valence-electron chi connectivity index (χ2n) is 4.63. The van der Waals surface area contributed by atoms with Crippen LogP contribution in [0.2, 0.25) is 0 Å². The molecule has 0 spiro atoms. The highest BCUT2D eigenvalue weighted by molar-refractivity contribution is 6.36. The van der Waals surface area contributed by atoms with E-state index in [1.54, 1.807) is 0 Å². The first-order valence-electron chi connectivity index (χ1n) is 6.26. The standard InChI is InChI=1S/C14H18ClNO2/c1-18-13(17)14(15)12(16-14)10-6-5-9-11-7-3-2-4-8-11/h2-4,7-8,12,16H,5-6,9-10H2,1H3/t12-,14-/m0/s1. The molecule has 2 rings (SSSR count). The van der Waals surface area contributed by atoms with Crippen molar-refractivity contribution in [2.24, 2.45) is 0 Å². The molecule has 1 aromatic rings. The fourth-order valence-electron chi connectivity index (χ4n) is 2.15. The van der Waals surface area contributed by atoms with Crippen molar-refractivity contribution in [2.75, 3.05) is 7.11 Å². The topological polar surface area (TPSA) is 48.2 Å². The van der Waals surface area contributed by atoms with Gasteiger partial charge in [-0.3, -0.25) is 5.32 Å². The number of aryl methyl sites for hydroxylation is 1. The smallest absolute Gasteiger partial charge is 0.343 e. The van der Waals surface area contributed by atoms with Crippen LogP contribution in [-0.4, -0.2) is 24.1 Å². The number of unbranched alkanes of at least 4 members (excludes halogenated alkanes) is 1. The highest BCUT2D eigenvalue weighted by Gasteiger charge is 2.59. The lowest BCUT2D eigenvalue weighted by Crippen LogP contribution is -2.24. The zero-order valence-electron chi connectivity index (χ0n) is 10.5. The van der Waals surface area contributed by atoms with Gasteiger partial charge in [-0.05, 0) is 24.8 Å². The summed E-state index contributed by atoms with van der Waals surface area (Å²) in [6.45, 7) is 0. The van der Waals surface area contributed by atoms with Gasteiger partial charge in [-0.15, -0.1) is 0 Å². The van der Waals surface area contributed by atoms with Gasteiger partial charge < -0.3 is 4.74 Å². The van der Waals surface area contributed by atoms with Gasteiger partial charge in [0.05, 0.1) is 13.2 Å². The molecule has 0 radical (unpaired) electrons. The molecule has 0 bridgehead atoms. The number of methoxy groups -OCH3 is 1. The van der Waals surface area contributed by atoms with Crippen molar-refractivity contribution in [3.05, 3.63) is 35.9 Å². The minimum absolute atomic E-state index is 0.0578. The summed E-state index contributed by atoms with van der Waals surface area (Å²) < 4.78 is 4.65. The van der Waals surface area contributed by atoms with E-state index < -0.39 is 5.00 Å². The van der Waals surface area contributed by atoms with Gasteiger partial charge in [0.25, 0.3) is 0 Å². The Bertz CT molecular complexity index is 410. The Balaban J connectivity index is 1.65. The lowest BCUT2D eigenvalue weighted by Gasteiger charge is -2.04. The molecule has 0 saturated carbocycles. The average Bonchev–Trinajstić information content (AvgIpc) is 3.07. The summed E-state index contributed by atoms with van der Waals surface area (Å²) in [5, 5.41) is 2.99. The summed E-state index contributed by atoms with van der Waals surface area (Å²) in [6, 6.07) is 10.5. The van der Waals surface area contributed by atoms with Crippen molar-refractivity contribution in [3.8, 4) is 0 Å². The first-order chi connectivity index (χ1) is 8.66. The molecule has 0 amide bonds. The van der Waals surface area contributed by atoms with Crippen LogP contribution in [0.1, 0.15) is 24.8 Å². The second kappa shape index (κ2) is 5.72. The third kappa shape index (κ3) is 3.03. The monoisotopic (exact) mass is 267 g/mol. The number of esters is 1. The van der Waals surface area contributed by atoms with Gasteiger partial charge in [0, 0.05) is 0 Å². The van der Waals surface area contributed by atoms with E-state index in [1.807, 2.05) is 6.07 Å². The van der Waals surface area contributed by atoms with Gasteiger partial charge in [-0.1, -0.05) is 48.4 Å². The molecule has 0 aliphatic carbocycles. The SMILES string of the molecule is COC(=O)[C@@]1(Cl)N[C@H]1CCCCc1ccccc1. The molecule has 18 heavy (non-hydrogen) atoms. The fourth-order valence-corrected chi connectivity index (χ4v) is 2.47. The maximum Gasteiger partial charge on any atom is 0.343 e. The Kier molecular flexibility index (Phi) is 4.25. The molecule has 2 atom stereocenters. The number of benzene rings is 1. The van der Waals surface area contributed by atoms with Gasteiger partial charge in [-0.2, -0.15) is 0 Å². The fraction of sp³-hybridized carbons (Fsp3) is 0.500. The number of carbonyl (C=O) groups is 1. The predicted molar refractivity (Wildman–Crippen MR) is 71.5 cm³/mol. The van der Waals surface area contributed by atoms with Crippen molar-refractivity contribution in [1.29, 1.82) is 0 Å². The number of halogens is 1. The van der Waals surface area contributed by atoms with E-state index in [1.165, 1.54) is 12.7 Å². The van der Waals surface area contributed by atoms with Crippen molar-refractivity contribution in [1.82, 2.24) is 5.32 Å². The quantitative estimate of drug-likeness (QED) is 0.283. The van der Waals surface area contributed by atoms with Crippen molar-refractivity contribution in [2.45, 2.75) is 36.7 Å². The minimum Gasteiger partial charge on any atom is -0.467 e. The van der Waals surface area contributed by atoms with Gasteiger partial charge in [0.1, 0.15) is 0 Å². The maximum atomic E-state index is 11.3. The van der Waals surface area contributed by atoms with Crippen LogP contribution in [0.25, 0.3) is 0 Å². The van der Waals surface area contributed by atoms with E-state index in [-0.39, 0.29) is 12.0 Å². The molecule has 4 heteroatoms. The molecule has 98 valence electrons. The number of nitrogens with one attached hydrogen (secondary N) is 1. The van der Waals surface area contributed by atoms with E-state index in [0.29, 0.717) is 0 Å². The highest BCUT2D eigenvalue weighted by atomic mass is 35.5. The van der Waals surface area contributed by atoms with Crippen LogP contribution in [0.5, 0.6) is 0 Å². The van der Waals surface area contributed by atoms with Gasteiger partial charge in [0.15, 0.2) is 0 Å². The van der Waals surface area contributed by atoms with Gasteiger partial charge >= 0.3 is 5.97 Å². The van der Waals surface area contributed by atoms with E-state index in [0.717, 1.165) is 25.7 Å². The van der Waals surface area contributed by atoms with Crippen LogP contribution in [0, 0.1) is 0 Å². The Morgan fingerprint density at radius 3 is 2.78 bits per heavy atom. The van der Waals surface area contributed by atoms with Crippen LogP contribution in [0.4, 0.5) is 0 Å². The Hall–Kier alpha value is -1.06. The molecule has 3 nitrogen and oxygen atoms in total. The number of hydrogen-bond donors (Lipinski definition) is 1. The zero-order chi connectivity index (χ0) is 13.0. The second-order valence-corrected chi connectivity index (χ2v) is 5.23. The number of carbonyl (C=O) groups excluding carboxylic acids is 1. The molecule has 1 saturated heterocycles. The minimum atomic E-state index is -0.957. The zero-order valence-corrected chi connectivity index (χ0v) is 11.2. The van der Waals surface area contributed by atoms with Gasteiger partial charge in [-0.25, -0.2) is 4.79 Å². The Morgan fingerprint density at radius 1 is 1.39 bits per heavy atom. The van der Waals surface area contributed by atoms with Crippen molar-refractivity contribution < 1.29 is 9.53 Å². The lowest BCUT2D eigenvalue weighted by atomic mass is 10.1. The van der Waals surface area contributed by atoms with E-state index in [4.69, 9.17) is 11.6 Å². The van der Waals surface area contributed by atoms with E-state index in [9.17, 15) is 4.79 Å². The molecule has 0 aromatic heterocycles. The number of rotatable bonds is 6. The van der Waals surface area contributed by atoms with Crippen LogP contribution in [-0.2, 0) is 16.0 Å². The summed E-state index contributed by atoms with van der Waals surface area (Å²) in [5.74, 6) is -0.378. The van der Waals surface area contributed by atoms with E-state index in [2.05, 4.69) is 34.3 Å². The molecule has 1 N–H and O–H groups in total. The third-order valence-corrected chi connectivity index (χ3v) is 3.84. The molecular weight excluding hydrogens is 250 g/mol. The molecular formula is C14H18ClNO2. The normalized spacial score (nSPS) is 25.8. The molecule has 1 aliphatic heterocycles. The summed E-state index contributed by atoms with van der Waals surface area (Å²) >= 11 is 6.07. The Labute approximate surface area is 112 Å². The summed E-state index contributed by atoms with van der Waals surface area (Å²) in [5.41, 5.74) is 1.35. The maximum absolute atomic E-state index is 11.3. The van der Waals surface area contributed by atoms with Crippen LogP contribution >= 0.6 is 11.6 Å². The molecule has 1 fully saturated rings. The molecule has 1 aromatic carbocycles. The van der Waals surface area contributed by atoms with Crippen LogP contribution in [0.15, 0.2) is 30.3 Å². The molecule has 1 heterocycles. The first kappa shape index (κ1) is 13.4. The van der Waals surface area contributed by atoms with Crippen molar-refractivity contribution >= 4 is 17.6 Å². The van der Waals surface area contributed by atoms with Crippen LogP contribution < -0.4 is 5.32 Å². The van der Waals surface area contributed by atoms with Crippen LogP contribution in [0.3, 0.4) is 0 Å². The molecule has 0 unspecified atom stereocenters. The third-order valence-electron chi connectivity index (χ3n) is 3.31.